The first-order valence-electron chi connectivity index (χ1n) is 14.2. The Morgan fingerprint density at radius 2 is 1.63 bits per heavy atom. The zero-order valence-electron chi connectivity index (χ0n) is 23.9. The molecule has 0 radical (unpaired) electrons. The van der Waals surface area contributed by atoms with E-state index in [4.69, 9.17) is 9.47 Å². The van der Waals surface area contributed by atoms with Gasteiger partial charge < -0.3 is 19.7 Å². The summed E-state index contributed by atoms with van der Waals surface area (Å²) < 4.78 is 24.5. The number of nitrogens with zero attached hydrogens (tertiary/aromatic N) is 1. The smallest absolute Gasteiger partial charge is 0.243 e. The quantitative estimate of drug-likeness (QED) is 0.260. The lowest BCUT2D eigenvalue weighted by Crippen LogP contribution is -2.51. The molecule has 0 bridgehead atoms. The number of carbonyl (C=O) groups is 2. The van der Waals surface area contributed by atoms with Crippen molar-refractivity contribution in [1.29, 1.82) is 0 Å². The summed E-state index contributed by atoms with van der Waals surface area (Å²) in [5, 5.41) is 3.11. The number of halogens is 1. The molecule has 0 unspecified atom stereocenters. The van der Waals surface area contributed by atoms with Gasteiger partial charge in [-0.05, 0) is 73.1 Å². The summed E-state index contributed by atoms with van der Waals surface area (Å²) >= 11 is 0. The summed E-state index contributed by atoms with van der Waals surface area (Å²) in [4.78, 5) is 29.4. The Balaban J connectivity index is 1.61. The highest BCUT2D eigenvalue weighted by molar-refractivity contribution is 5.89. The van der Waals surface area contributed by atoms with E-state index < -0.39 is 6.04 Å². The van der Waals surface area contributed by atoms with Gasteiger partial charge in [-0.3, -0.25) is 9.59 Å². The molecule has 2 amide bonds. The van der Waals surface area contributed by atoms with E-state index >= 15 is 0 Å². The molecule has 0 heterocycles. The van der Waals surface area contributed by atoms with Gasteiger partial charge >= 0.3 is 0 Å². The van der Waals surface area contributed by atoms with Gasteiger partial charge in [0, 0.05) is 19.5 Å². The van der Waals surface area contributed by atoms with E-state index in [1.54, 1.807) is 43.4 Å². The molecule has 0 fully saturated rings. The Morgan fingerprint density at radius 3 is 2.32 bits per heavy atom. The highest BCUT2D eigenvalue weighted by Crippen LogP contribution is 2.28. The molecular formula is C34H39FN2O4. The van der Waals surface area contributed by atoms with E-state index in [1.165, 1.54) is 30.5 Å². The third kappa shape index (κ3) is 8.68. The fourth-order valence-electron chi connectivity index (χ4n) is 5.20. The van der Waals surface area contributed by atoms with Crippen molar-refractivity contribution in [1.82, 2.24) is 10.2 Å². The lowest BCUT2D eigenvalue weighted by atomic mass is 9.97. The zero-order chi connectivity index (χ0) is 29.0. The Labute approximate surface area is 242 Å². The monoisotopic (exact) mass is 558 g/mol. The highest BCUT2D eigenvalue weighted by Gasteiger charge is 2.30. The average molecular weight is 559 g/mol. The summed E-state index contributed by atoms with van der Waals surface area (Å²) in [6, 6.07) is 20.3. The zero-order valence-corrected chi connectivity index (χ0v) is 23.9. The van der Waals surface area contributed by atoms with Crippen LogP contribution < -0.4 is 14.8 Å². The van der Waals surface area contributed by atoms with Crippen molar-refractivity contribution in [3.63, 3.8) is 0 Å². The van der Waals surface area contributed by atoms with Crippen LogP contribution in [0.15, 0.2) is 84.4 Å². The second kappa shape index (κ2) is 15.0. The fourth-order valence-corrected chi connectivity index (χ4v) is 5.20. The van der Waals surface area contributed by atoms with Crippen LogP contribution in [0.2, 0.25) is 0 Å². The molecule has 0 aliphatic heterocycles. The SMILES string of the molecule is COc1ccc(CC(=O)N(Cc2ccc(F)cc2)[C@H](Cc2ccccc2)C(=O)NCCC2=CCCCC2)cc1OC. The first-order valence-corrected chi connectivity index (χ1v) is 14.2. The van der Waals surface area contributed by atoms with Gasteiger partial charge in [0.05, 0.1) is 20.6 Å². The summed E-state index contributed by atoms with van der Waals surface area (Å²) in [6.45, 7) is 0.687. The van der Waals surface area contributed by atoms with Crippen LogP contribution in [0.1, 0.15) is 48.8 Å². The van der Waals surface area contributed by atoms with Crippen LogP contribution in [-0.4, -0.2) is 43.5 Å². The van der Waals surface area contributed by atoms with Gasteiger partial charge in [-0.15, -0.1) is 0 Å². The Morgan fingerprint density at radius 1 is 0.902 bits per heavy atom. The van der Waals surface area contributed by atoms with E-state index in [0.29, 0.717) is 24.5 Å². The number of amides is 2. The third-order valence-corrected chi connectivity index (χ3v) is 7.47. The van der Waals surface area contributed by atoms with E-state index in [0.717, 1.165) is 36.0 Å². The second-order valence-corrected chi connectivity index (χ2v) is 10.4. The van der Waals surface area contributed by atoms with E-state index in [-0.39, 0.29) is 30.6 Å². The molecule has 1 N–H and O–H groups in total. The molecule has 0 saturated heterocycles. The average Bonchev–Trinajstić information content (AvgIpc) is 3.00. The summed E-state index contributed by atoms with van der Waals surface area (Å²) in [5.41, 5.74) is 3.81. The van der Waals surface area contributed by atoms with Gasteiger partial charge in [-0.1, -0.05) is 60.2 Å². The standard InChI is InChI=1S/C34H39FN2O4/c1-40-31-18-15-28(22-32(31)41-2)23-33(38)37(24-27-13-16-29(35)17-14-27)30(21-26-11-7-4-8-12-26)34(39)36-20-19-25-9-5-3-6-10-25/h4,7-9,11-18,22,30H,3,5-6,10,19-21,23-24H2,1-2H3,(H,36,39)/t30-/m1/s1. The largest absolute Gasteiger partial charge is 0.493 e. The molecule has 3 aromatic rings. The minimum absolute atomic E-state index is 0.0625. The van der Waals surface area contributed by atoms with Crippen molar-refractivity contribution >= 4 is 11.8 Å². The predicted molar refractivity (Wildman–Crippen MR) is 158 cm³/mol. The number of benzene rings is 3. The minimum Gasteiger partial charge on any atom is -0.493 e. The van der Waals surface area contributed by atoms with Crippen molar-refractivity contribution in [2.75, 3.05) is 20.8 Å². The molecule has 4 rings (SSSR count). The second-order valence-electron chi connectivity index (χ2n) is 10.4. The fraction of sp³-hybridized carbons (Fsp3) is 0.353. The summed E-state index contributed by atoms with van der Waals surface area (Å²) in [7, 11) is 3.11. The molecule has 0 saturated carbocycles. The van der Waals surface area contributed by atoms with Crippen LogP contribution in [0.5, 0.6) is 11.5 Å². The van der Waals surface area contributed by atoms with E-state index in [2.05, 4.69) is 11.4 Å². The van der Waals surface area contributed by atoms with Gasteiger partial charge in [0.25, 0.3) is 0 Å². The number of methoxy groups -OCH3 is 2. The van der Waals surface area contributed by atoms with Gasteiger partial charge in [-0.2, -0.15) is 0 Å². The summed E-state index contributed by atoms with van der Waals surface area (Å²) in [5.74, 6) is 0.327. The molecule has 0 spiro atoms. The number of hydrogen-bond acceptors (Lipinski definition) is 4. The maximum atomic E-state index is 14.0. The Kier molecular flexibility index (Phi) is 10.9. The van der Waals surface area contributed by atoms with Crippen LogP contribution >= 0.6 is 0 Å². The van der Waals surface area contributed by atoms with Crippen molar-refractivity contribution in [2.45, 2.75) is 57.5 Å². The maximum absolute atomic E-state index is 14.0. The predicted octanol–water partition coefficient (Wildman–Crippen LogP) is 6.03. The maximum Gasteiger partial charge on any atom is 0.243 e. The Hall–Kier alpha value is -4.13. The van der Waals surface area contributed by atoms with Crippen molar-refractivity contribution in [3.05, 3.63) is 107 Å². The number of rotatable bonds is 13. The van der Waals surface area contributed by atoms with Crippen LogP contribution in [0.4, 0.5) is 4.39 Å². The van der Waals surface area contributed by atoms with Gasteiger partial charge in [0.1, 0.15) is 11.9 Å². The molecule has 216 valence electrons. The van der Waals surface area contributed by atoms with Crippen molar-refractivity contribution in [2.24, 2.45) is 0 Å². The minimum atomic E-state index is -0.754. The van der Waals surface area contributed by atoms with Crippen molar-refractivity contribution < 1.29 is 23.5 Å². The van der Waals surface area contributed by atoms with E-state index in [1.807, 2.05) is 36.4 Å². The highest BCUT2D eigenvalue weighted by atomic mass is 19.1. The first-order chi connectivity index (χ1) is 20.0. The van der Waals surface area contributed by atoms with Crippen LogP contribution in [0.25, 0.3) is 0 Å². The topological polar surface area (TPSA) is 67.9 Å². The number of carbonyl (C=O) groups excluding carboxylic acids is 2. The molecule has 1 aliphatic carbocycles. The molecular weight excluding hydrogens is 519 g/mol. The molecule has 1 aliphatic rings. The number of hydrogen-bond donors (Lipinski definition) is 1. The summed E-state index contributed by atoms with van der Waals surface area (Å²) in [6.07, 6.45) is 8.08. The lowest BCUT2D eigenvalue weighted by Gasteiger charge is -2.32. The van der Waals surface area contributed by atoms with Gasteiger partial charge in [0.15, 0.2) is 11.5 Å². The molecule has 41 heavy (non-hydrogen) atoms. The lowest BCUT2D eigenvalue weighted by molar-refractivity contribution is -0.140. The molecule has 1 atom stereocenters. The number of nitrogens with one attached hydrogen (secondary N) is 1. The molecule has 3 aromatic carbocycles. The Bertz CT molecular complexity index is 1320. The van der Waals surface area contributed by atoms with Gasteiger partial charge in [-0.25, -0.2) is 4.39 Å². The first kappa shape index (κ1) is 29.8. The number of allylic oxidation sites excluding steroid dienone is 1. The van der Waals surface area contributed by atoms with E-state index in [9.17, 15) is 14.0 Å². The number of ether oxygens (including phenoxy) is 2. The molecule has 7 heteroatoms. The van der Waals surface area contributed by atoms with Crippen LogP contribution in [0, 0.1) is 5.82 Å². The van der Waals surface area contributed by atoms with Crippen LogP contribution in [-0.2, 0) is 29.0 Å². The molecule has 0 aromatic heterocycles. The van der Waals surface area contributed by atoms with Crippen LogP contribution in [0.3, 0.4) is 0 Å². The van der Waals surface area contributed by atoms with Crippen molar-refractivity contribution in [3.8, 4) is 11.5 Å². The molecule has 6 nitrogen and oxygen atoms in total. The third-order valence-electron chi connectivity index (χ3n) is 7.47. The normalized spacial score (nSPS) is 13.6. The van der Waals surface area contributed by atoms with Gasteiger partial charge in [0.2, 0.25) is 11.8 Å².